The number of aromatic nitrogens is 2. The van der Waals surface area contributed by atoms with Crippen molar-refractivity contribution in [1.82, 2.24) is 19.8 Å². The van der Waals surface area contributed by atoms with Crippen molar-refractivity contribution in [2.45, 2.75) is 38.8 Å². The number of H-pyrrole nitrogens is 1. The van der Waals surface area contributed by atoms with E-state index in [9.17, 15) is 14.4 Å². The first-order chi connectivity index (χ1) is 12.5. The second kappa shape index (κ2) is 6.68. The lowest BCUT2D eigenvalue weighted by Crippen LogP contribution is -2.40. The minimum Gasteiger partial charge on any atom is -0.333 e. The highest BCUT2D eigenvalue weighted by molar-refractivity contribution is 7.12. The number of likely N-dealkylation sites (tertiary alicyclic amines) is 1. The van der Waals surface area contributed by atoms with Crippen LogP contribution >= 0.6 is 11.3 Å². The second-order valence-corrected chi connectivity index (χ2v) is 7.65. The highest BCUT2D eigenvalue weighted by Crippen LogP contribution is 2.30. The first-order valence-corrected chi connectivity index (χ1v) is 9.64. The highest BCUT2D eigenvalue weighted by atomic mass is 32.1. The lowest BCUT2D eigenvalue weighted by atomic mass is 10.1. The van der Waals surface area contributed by atoms with Crippen LogP contribution in [0.5, 0.6) is 0 Å². The van der Waals surface area contributed by atoms with Gasteiger partial charge in [-0.3, -0.25) is 14.4 Å². The number of carbonyl (C=O) groups excluding carboxylic acids is 2. The Labute approximate surface area is 154 Å². The Balaban J connectivity index is 1.61. The molecule has 1 fully saturated rings. The van der Waals surface area contributed by atoms with Crippen molar-refractivity contribution < 1.29 is 9.59 Å². The topological polar surface area (TPSA) is 86.4 Å². The Kier molecular flexibility index (Phi) is 4.36. The van der Waals surface area contributed by atoms with Crippen LogP contribution in [0.4, 0.5) is 0 Å². The molecule has 0 bridgehead atoms. The van der Waals surface area contributed by atoms with Crippen LogP contribution in [-0.4, -0.2) is 44.7 Å². The number of carbonyl (C=O) groups is 2. The maximum Gasteiger partial charge on any atom is 0.264 e. The van der Waals surface area contributed by atoms with Gasteiger partial charge in [-0.25, -0.2) is 4.98 Å². The third-order valence-electron chi connectivity index (χ3n) is 5.08. The van der Waals surface area contributed by atoms with Gasteiger partial charge in [0.1, 0.15) is 5.82 Å². The Bertz CT molecular complexity index is 906. The molecule has 2 amide bonds. The van der Waals surface area contributed by atoms with Crippen molar-refractivity contribution >= 4 is 23.2 Å². The van der Waals surface area contributed by atoms with Gasteiger partial charge in [0.15, 0.2) is 0 Å². The van der Waals surface area contributed by atoms with Crippen molar-refractivity contribution in [2.75, 3.05) is 13.1 Å². The summed E-state index contributed by atoms with van der Waals surface area (Å²) in [6.45, 7) is 3.06. The van der Waals surface area contributed by atoms with Crippen LogP contribution in [0.15, 0.2) is 22.3 Å². The van der Waals surface area contributed by atoms with Crippen molar-refractivity contribution in [3.8, 4) is 0 Å². The molecule has 26 heavy (non-hydrogen) atoms. The first kappa shape index (κ1) is 17.0. The van der Waals surface area contributed by atoms with Crippen molar-refractivity contribution in [3.05, 3.63) is 49.8 Å². The fourth-order valence-electron chi connectivity index (χ4n) is 3.76. The minimum atomic E-state index is -0.205. The lowest BCUT2D eigenvalue weighted by molar-refractivity contribution is -0.129. The van der Waals surface area contributed by atoms with Crippen molar-refractivity contribution in [1.29, 1.82) is 0 Å². The van der Waals surface area contributed by atoms with E-state index in [0.29, 0.717) is 35.8 Å². The van der Waals surface area contributed by atoms with Gasteiger partial charge >= 0.3 is 0 Å². The quantitative estimate of drug-likeness (QED) is 0.870. The molecule has 4 rings (SSSR count). The monoisotopic (exact) mass is 372 g/mol. The van der Waals surface area contributed by atoms with E-state index in [1.807, 2.05) is 11.4 Å². The van der Waals surface area contributed by atoms with Gasteiger partial charge in [0.2, 0.25) is 5.91 Å². The predicted octanol–water partition coefficient (Wildman–Crippen LogP) is 1.71. The maximum atomic E-state index is 12.6. The normalized spacial score (nSPS) is 19.5. The molecule has 0 saturated carbocycles. The molecule has 2 aliphatic rings. The fraction of sp³-hybridized carbons (Fsp3) is 0.444. The average Bonchev–Trinajstić information content (AvgIpc) is 3.32. The number of rotatable bonds is 2. The summed E-state index contributed by atoms with van der Waals surface area (Å²) in [6.07, 6.45) is 2.27. The molecule has 2 aromatic rings. The van der Waals surface area contributed by atoms with Gasteiger partial charge in [-0.05, 0) is 24.3 Å². The molecule has 1 unspecified atom stereocenters. The Morgan fingerprint density at radius 3 is 2.92 bits per heavy atom. The van der Waals surface area contributed by atoms with E-state index < -0.39 is 0 Å². The van der Waals surface area contributed by atoms with Crippen molar-refractivity contribution in [3.63, 3.8) is 0 Å². The van der Waals surface area contributed by atoms with Gasteiger partial charge in [0, 0.05) is 26.4 Å². The zero-order chi connectivity index (χ0) is 18.3. The number of nitrogens with one attached hydrogen (secondary N) is 1. The van der Waals surface area contributed by atoms with Gasteiger partial charge in [-0.1, -0.05) is 6.07 Å². The molecule has 0 aromatic carbocycles. The third-order valence-corrected chi connectivity index (χ3v) is 5.94. The van der Waals surface area contributed by atoms with Gasteiger partial charge < -0.3 is 14.8 Å². The zero-order valence-electron chi connectivity index (χ0n) is 14.5. The molecular formula is C18H20N4O3S. The number of aromatic amines is 1. The summed E-state index contributed by atoms with van der Waals surface area (Å²) in [5.41, 5.74) is 1.09. The molecule has 2 aromatic heterocycles. The fourth-order valence-corrected chi connectivity index (χ4v) is 4.45. The number of fused-ring (bicyclic) bond motifs is 1. The van der Waals surface area contributed by atoms with Crippen LogP contribution in [0.1, 0.15) is 52.6 Å². The van der Waals surface area contributed by atoms with Gasteiger partial charge in [-0.2, -0.15) is 0 Å². The molecule has 1 N–H and O–H groups in total. The molecule has 8 heteroatoms. The van der Waals surface area contributed by atoms with Crippen LogP contribution in [-0.2, 0) is 17.8 Å². The standard InChI is InChI=1S/C18H20N4O3S/c1-11(23)22-7-2-4-14(22)16-19-13-6-8-21(10-12(13)17(24)20-16)18(25)15-5-3-9-26-15/h3,5,9,14H,2,4,6-8,10H2,1H3,(H,19,20,24). The third kappa shape index (κ3) is 2.94. The molecule has 4 heterocycles. The molecule has 2 aliphatic heterocycles. The largest absolute Gasteiger partial charge is 0.333 e. The van der Waals surface area contributed by atoms with Crippen LogP contribution in [0.3, 0.4) is 0 Å². The SMILES string of the molecule is CC(=O)N1CCCC1c1nc2c(c(=O)[nH]1)CN(C(=O)c1cccs1)CC2. The van der Waals surface area contributed by atoms with E-state index in [-0.39, 0.29) is 30.0 Å². The van der Waals surface area contributed by atoms with E-state index in [4.69, 9.17) is 0 Å². The number of thiophene rings is 1. The highest BCUT2D eigenvalue weighted by Gasteiger charge is 2.32. The summed E-state index contributed by atoms with van der Waals surface area (Å²) in [7, 11) is 0. The van der Waals surface area contributed by atoms with E-state index in [2.05, 4.69) is 9.97 Å². The Morgan fingerprint density at radius 2 is 2.19 bits per heavy atom. The Hall–Kier alpha value is -2.48. The maximum absolute atomic E-state index is 12.6. The summed E-state index contributed by atoms with van der Waals surface area (Å²) in [4.78, 5) is 48.6. The minimum absolute atomic E-state index is 0.000546. The Morgan fingerprint density at radius 1 is 1.35 bits per heavy atom. The van der Waals surface area contributed by atoms with Crippen LogP contribution in [0.25, 0.3) is 0 Å². The van der Waals surface area contributed by atoms with Crippen LogP contribution < -0.4 is 5.56 Å². The molecular weight excluding hydrogens is 352 g/mol. The summed E-state index contributed by atoms with van der Waals surface area (Å²) in [5.74, 6) is 0.521. The predicted molar refractivity (Wildman–Crippen MR) is 97.0 cm³/mol. The van der Waals surface area contributed by atoms with Crippen molar-refractivity contribution in [2.24, 2.45) is 0 Å². The second-order valence-electron chi connectivity index (χ2n) is 6.70. The smallest absolute Gasteiger partial charge is 0.264 e. The number of amides is 2. The first-order valence-electron chi connectivity index (χ1n) is 8.76. The van der Waals surface area contributed by atoms with E-state index in [1.165, 1.54) is 11.3 Å². The molecule has 7 nitrogen and oxygen atoms in total. The summed E-state index contributed by atoms with van der Waals surface area (Å²) < 4.78 is 0. The molecule has 0 aliphatic carbocycles. The lowest BCUT2D eigenvalue weighted by Gasteiger charge is -2.29. The number of hydrogen-bond acceptors (Lipinski definition) is 5. The summed E-state index contributed by atoms with van der Waals surface area (Å²) in [5, 5.41) is 1.87. The zero-order valence-corrected chi connectivity index (χ0v) is 15.3. The number of nitrogens with zero attached hydrogens (tertiary/aromatic N) is 3. The van der Waals surface area contributed by atoms with E-state index >= 15 is 0 Å². The summed E-state index contributed by atoms with van der Waals surface area (Å²) >= 11 is 1.40. The molecule has 0 radical (unpaired) electrons. The van der Waals surface area contributed by atoms with Gasteiger partial charge in [-0.15, -0.1) is 11.3 Å². The van der Waals surface area contributed by atoms with Crippen LogP contribution in [0.2, 0.25) is 0 Å². The molecule has 136 valence electrons. The average molecular weight is 372 g/mol. The summed E-state index contributed by atoms with van der Waals surface area (Å²) in [6, 6.07) is 3.49. The number of hydrogen-bond donors (Lipinski definition) is 1. The molecule has 0 spiro atoms. The molecule has 1 atom stereocenters. The molecule has 1 saturated heterocycles. The van der Waals surface area contributed by atoms with Gasteiger partial charge in [0.25, 0.3) is 11.5 Å². The van der Waals surface area contributed by atoms with Crippen LogP contribution in [0, 0.1) is 0 Å². The van der Waals surface area contributed by atoms with Gasteiger partial charge in [0.05, 0.1) is 28.7 Å². The van der Waals surface area contributed by atoms with E-state index in [1.54, 1.807) is 22.8 Å². The van der Waals surface area contributed by atoms with E-state index in [0.717, 1.165) is 18.5 Å².